The molecule has 0 saturated heterocycles. The SMILES string of the molecule is CCc1ccccc1CNc1c(C)cccc1C#N. The number of nitrogens with one attached hydrogen (secondary N) is 1. The molecule has 0 atom stereocenters. The highest BCUT2D eigenvalue weighted by molar-refractivity contribution is 5.62. The van der Waals surface area contributed by atoms with Gasteiger partial charge in [0.05, 0.1) is 11.3 Å². The number of anilines is 1. The van der Waals surface area contributed by atoms with Crippen LogP contribution in [0.4, 0.5) is 5.69 Å². The first-order chi connectivity index (χ1) is 9.26. The maximum atomic E-state index is 9.15. The Morgan fingerprint density at radius 1 is 1.05 bits per heavy atom. The minimum absolute atomic E-state index is 0.703. The molecule has 0 radical (unpaired) electrons. The van der Waals surface area contributed by atoms with Gasteiger partial charge in [-0.05, 0) is 36.1 Å². The van der Waals surface area contributed by atoms with Gasteiger partial charge in [-0.15, -0.1) is 0 Å². The predicted molar refractivity (Wildman–Crippen MR) is 79.0 cm³/mol. The number of rotatable bonds is 4. The Bertz CT molecular complexity index is 609. The van der Waals surface area contributed by atoms with Crippen molar-refractivity contribution in [3.63, 3.8) is 0 Å². The lowest BCUT2D eigenvalue weighted by molar-refractivity contribution is 1.04. The van der Waals surface area contributed by atoms with E-state index in [1.54, 1.807) is 0 Å². The molecule has 2 nitrogen and oxygen atoms in total. The number of para-hydroxylation sites is 1. The molecule has 0 bridgehead atoms. The normalized spacial score (nSPS) is 9.95. The van der Waals surface area contributed by atoms with Gasteiger partial charge in [-0.2, -0.15) is 5.26 Å². The molecule has 0 aliphatic rings. The zero-order valence-electron chi connectivity index (χ0n) is 11.4. The van der Waals surface area contributed by atoms with Crippen LogP contribution in [0.1, 0.15) is 29.2 Å². The average molecular weight is 250 g/mol. The number of hydrogen-bond donors (Lipinski definition) is 1. The second kappa shape index (κ2) is 6.06. The quantitative estimate of drug-likeness (QED) is 0.888. The lowest BCUT2D eigenvalue weighted by Gasteiger charge is -2.13. The van der Waals surface area contributed by atoms with Crippen LogP contribution in [0.5, 0.6) is 0 Å². The Kier molecular flexibility index (Phi) is 4.20. The van der Waals surface area contributed by atoms with Crippen LogP contribution in [-0.4, -0.2) is 0 Å². The summed E-state index contributed by atoms with van der Waals surface area (Å²) in [4.78, 5) is 0. The summed E-state index contributed by atoms with van der Waals surface area (Å²) in [5.41, 5.74) is 5.39. The highest BCUT2D eigenvalue weighted by Gasteiger charge is 2.05. The average Bonchev–Trinajstić information content (AvgIpc) is 2.46. The largest absolute Gasteiger partial charge is 0.380 e. The summed E-state index contributed by atoms with van der Waals surface area (Å²) in [6, 6.07) is 16.4. The fourth-order valence-corrected chi connectivity index (χ4v) is 2.25. The molecule has 2 heteroatoms. The van der Waals surface area contributed by atoms with E-state index in [1.165, 1.54) is 11.1 Å². The highest BCUT2D eigenvalue weighted by atomic mass is 14.9. The second-order valence-electron chi connectivity index (χ2n) is 4.59. The first-order valence-corrected chi connectivity index (χ1v) is 6.56. The van der Waals surface area contributed by atoms with E-state index in [0.29, 0.717) is 5.56 Å². The molecule has 0 aromatic heterocycles. The third-order valence-electron chi connectivity index (χ3n) is 3.35. The highest BCUT2D eigenvalue weighted by Crippen LogP contribution is 2.21. The van der Waals surface area contributed by atoms with E-state index in [0.717, 1.165) is 24.2 Å². The van der Waals surface area contributed by atoms with Crippen LogP contribution in [-0.2, 0) is 13.0 Å². The van der Waals surface area contributed by atoms with Gasteiger partial charge < -0.3 is 5.32 Å². The van der Waals surface area contributed by atoms with Crippen LogP contribution >= 0.6 is 0 Å². The lowest BCUT2D eigenvalue weighted by Crippen LogP contribution is -2.05. The van der Waals surface area contributed by atoms with E-state index in [-0.39, 0.29) is 0 Å². The molecule has 0 heterocycles. The minimum Gasteiger partial charge on any atom is -0.380 e. The number of aryl methyl sites for hydroxylation is 2. The van der Waals surface area contributed by atoms with Crippen molar-refractivity contribution in [2.24, 2.45) is 0 Å². The van der Waals surface area contributed by atoms with Crippen LogP contribution in [0.2, 0.25) is 0 Å². The summed E-state index contributed by atoms with van der Waals surface area (Å²) in [6.07, 6.45) is 1.02. The maximum absolute atomic E-state index is 9.15. The Morgan fingerprint density at radius 2 is 1.79 bits per heavy atom. The standard InChI is InChI=1S/C17H18N2/c1-3-14-8-4-5-9-16(14)12-19-17-13(2)7-6-10-15(17)11-18/h4-10,19H,3,12H2,1-2H3. The summed E-state index contributed by atoms with van der Waals surface area (Å²) in [6.45, 7) is 4.94. The summed E-state index contributed by atoms with van der Waals surface area (Å²) in [5.74, 6) is 0. The molecule has 0 fully saturated rings. The van der Waals surface area contributed by atoms with Crippen LogP contribution in [0.25, 0.3) is 0 Å². The second-order valence-corrected chi connectivity index (χ2v) is 4.59. The summed E-state index contributed by atoms with van der Waals surface area (Å²) in [7, 11) is 0. The van der Waals surface area contributed by atoms with Gasteiger partial charge in [0.25, 0.3) is 0 Å². The van der Waals surface area contributed by atoms with Crippen molar-refractivity contribution in [1.29, 1.82) is 5.26 Å². The van der Waals surface area contributed by atoms with Crippen molar-refractivity contribution < 1.29 is 0 Å². The topological polar surface area (TPSA) is 35.8 Å². The summed E-state index contributed by atoms with van der Waals surface area (Å²) in [5, 5.41) is 12.6. The maximum Gasteiger partial charge on any atom is 0.101 e. The molecule has 19 heavy (non-hydrogen) atoms. The van der Waals surface area contributed by atoms with Crippen LogP contribution in [0, 0.1) is 18.3 Å². The number of benzene rings is 2. The Labute approximate surface area is 114 Å². The van der Waals surface area contributed by atoms with Crippen molar-refractivity contribution in [2.45, 2.75) is 26.8 Å². The van der Waals surface area contributed by atoms with E-state index >= 15 is 0 Å². The first-order valence-electron chi connectivity index (χ1n) is 6.56. The van der Waals surface area contributed by atoms with E-state index < -0.39 is 0 Å². The van der Waals surface area contributed by atoms with Crippen LogP contribution < -0.4 is 5.32 Å². The number of hydrogen-bond acceptors (Lipinski definition) is 2. The van der Waals surface area contributed by atoms with Gasteiger partial charge in [-0.3, -0.25) is 0 Å². The minimum atomic E-state index is 0.703. The molecule has 0 saturated carbocycles. The Hall–Kier alpha value is -2.27. The third kappa shape index (κ3) is 2.95. The fraction of sp³-hybridized carbons (Fsp3) is 0.235. The van der Waals surface area contributed by atoms with Crippen molar-refractivity contribution in [1.82, 2.24) is 0 Å². The molecule has 2 aromatic carbocycles. The van der Waals surface area contributed by atoms with E-state index in [9.17, 15) is 0 Å². The van der Waals surface area contributed by atoms with Crippen LogP contribution in [0.3, 0.4) is 0 Å². The molecule has 0 amide bonds. The van der Waals surface area contributed by atoms with Gasteiger partial charge >= 0.3 is 0 Å². The van der Waals surface area contributed by atoms with Gasteiger partial charge in [0, 0.05) is 6.54 Å². The van der Waals surface area contributed by atoms with Gasteiger partial charge in [0.1, 0.15) is 6.07 Å². The van der Waals surface area contributed by atoms with Crippen molar-refractivity contribution in [3.8, 4) is 6.07 Å². The monoisotopic (exact) mass is 250 g/mol. The predicted octanol–water partition coefficient (Wildman–Crippen LogP) is 4.04. The Morgan fingerprint density at radius 3 is 2.47 bits per heavy atom. The Balaban J connectivity index is 2.22. The number of nitriles is 1. The van der Waals surface area contributed by atoms with Crippen LogP contribution in [0.15, 0.2) is 42.5 Å². The third-order valence-corrected chi connectivity index (χ3v) is 3.35. The van der Waals surface area contributed by atoms with Gasteiger partial charge in [-0.25, -0.2) is 0 Å². The molecule has 0 aliphatic carbocycles. The molecule has 1 N–H and O–H groups in total. The van der Waals surface area contributed by atoms with Gasteiger partial charge in [-0.1, -0.05) is 43.3 Å². The summed E-state index contributed by atoms with van der Waals surface area (Å²) < 4.78 is 0. The molecule has 2 aromatic rings. The molecular weight excluding hydrogens is 232 g/mol. The van der Waals surface area contributed by atoms with Crippen molar-refractivity contribution in [3.05, 3.63) is 64.7 Å². The van der Waals surface area contributed by atoms with E-state index in [2.05, 4.69) is 42.6 Å². The first kappa shape index (κ1) is 13.2. The lowest BCUT2D eigenvalue weighted by atomic mass is 10.0. The zero-order chi connectivity index (χ0) is 13.7. The van der Waals surface area contributed by atoms with Gasteiger partial charge in [0.15, 0.2) is 0 Å². The molecule has 96 valence electrons. The molecule has 2 rings (SSSR count). The molecule has 0 spiro atoms. The molecular formula is C17H18N2. The van der Waals surface area contributed by atoms with Gasteiger partial charge in [0.2, 0.25) is 0 Å². The molecule has 0 aliphatic heterocycles. The van der Waals surface area contributed by atoms with Crippen molar-refractivity contribution >= 4 is 5.69 Å². The van der Waals surface area contributed by atoms with E-state index in [1.807, 2.05) is 25.1 Å². The fourth-order valence-electron chi connectivity index (χ4n) is 2.25. The summed E-state index contributed by atoms with van der Waals surface area (Å²) >= 11 is 0. The van der Waals surface area contributed by atoms with Crippen molar-refractivity contribution in [2.75, 3.05) is 5.32 Å². The zero-order valence-corrected chi connectivity index (χ0v) is 11.4. The molecule has 0 unspecified atom stereocenters. The smallest absolute Gasteiger partial charge is 0.101 e. The van der Waals surface area contributed by atoms with E-state index in [4.69, 9.17) is 5.26 Å². The number of nitrogens with zero attached hydrogens (tertiary/aromatic N) is 1.